The summed E-state index contributed by atoms with van der Waals surface area (Å²) < 4.78 is 1.68. The zero-order valence-corrected chi connectivity index (χ0v) is 16.3. The monoisotopic (exact) mass is 399 g/mol. The molecule has 4 aromatic rings. The molecular weight excluding hydrogens is 378 g/mol. The van der Waals surface area contributed by atoms with Crippen LogP contribution < -0.4 is 10.2 Å². The molecule has 1 saturated heterocycles. The normalized spacial score (nSPS) is 14.7. The Balaban J connectivity index is 1.19. The van der Waals surface area contributed by atoms with E-state index in [2.05, 4.69) is 30.5 Å². The molecule has 4 heterocycles. The molecule has 0 bridgehead atoms. The molecule has 0 radical (unpaired) electrons. The molecular formula is C22H21N7O. The van der Waals surface area contributed by atoms with E-state index in [-0.39, 0.29) is 11.8 Å². The van der Waals surface area contributed by atoms with Crippen molar-refractivity contribution in [3.63, 3.8) is 0 Å². The number of pyridine rings is 1. The molecule has 3 aromatic heterocycles. The Kier molecular flexibility index (Phi) is 4.80. The number of hydrogen-bond donors (Lipinski definition) is 1. The topological polar surface area (TPSA) is 88.8 Å². The summed E-state index contributed by atoms with van der Waals surface area (Å²) in [5.74, 6) is 1.53. The molecule has 5 rings (SSSR count). The molecule has 1 aliphatic heterocycles. The number of nitrogens with one attached hydrogen (secondary N) is 1. The van der Waals surface area contributed by atoms with Crippen LogP contribution in [-0.4, -0.2) is 44.0 Å². The molecule has 1 aromatic carbocycles. The Hall–Kier alpha value is -3.81. The van der Waals surface area contributed by atoms with Gasteiger partial charge in [-0.2, -0.15) is 5.10 Å². The highest BCUT2D eigenvalue weighted by Gasteiger charge is 2.26. The second-order valence-corrected chi connectivity index (χ2v) is 7.37. The summed E-state index contributed by atoms with van der Waals surface area (Å²) in [4.78, 5) is 19.3. The molecule has 1 N–H and O–H groups in total. The number of piperidine rings is 1. The van der Waals surface area contributed by atoms with Gasteiger partial charge in [0.2, 0.25) is 5.91 Å². The summed E-state index contributed by atoms with van der Waals surface area (Å²) >= 11 is 0. The minimum absolute atomic E-state index is 0.0240. The maximum Gasteiger partial charge on any atom is 0.227 e. The fourth-order valence-electron chi connectivity index (χ4n) is 3.77. The molecule has 30 heavy (non-hydrogen) atoms. The summed E-state index contributed by atoms with van der Waals surface area (Å²) in [6, 6.07) is 15.5. The first-order valence-corrected chi connectivity index (χ1v) is 10.0. The zero-order chi connectivity index (χ0) is 20.3. The van der Waals surface area contributed by atoms with Crippen molar-refractivity contribution in [2.45, 2.75) is 12.8 Å². The number of nitrogens with zero attached hydrogens (tertiary/aromatic N) is 6. The number of carbonyl (C=O) groups is 1. The van der Waals surface area contributed by atoms with E-state index < -0.39 is 0 Å². The molecule has 0 saturated carbocycles. The van der Waals surface area contributed by atoms with Gasteiger partial charge in [-0.25, -0.2) is 4.68 Å². The lowest BCUT2D eigenvalue weighted by atomic mass is 9.96. The summed E-state index contributed by atoms with van der Waals surface area (Å²) in [5.41, 5.74) is 1.66. The third-order valence-electron chi connectivity index (χ3n) is 5.42. The van der Waals surface area contributed by atoms with Gasteiger partial charge in [-0.3, -0.25) is 9.78 Å². The van der Waals surface area contributed by atoms with E-state index in [9.17, 15) is 4.79 Å². The van der Waals surface area contributed by atoms with E-state index in [1.807, 2.05) is 54.7 Å². The number of benzene rings is 1. The predicted molar refractivity (Wildman–Crippen MR) is 114 cm³/mol. The van der Waals surface area contributed by atoms with Crippen molar-refractivity contribution in [2.24, 2.45) is 5.92 Å². The van der Waals surface area contributed by atoms with Gasteiger partial charge >= 0.3 is 0 Å². The quantitative estimate of drug-likeness (QED) is 0.567. The van der Waals surface area contributed by atoms with Gasteiger partial charge in [-0.1, -0.05) is 18.2 Å². The minimum Gasteiger partial charge on any atom is -0.355 e. The van der Waals surface area contributed by atoms with E-state index in [0.29, 0.717) is 5.82 Å². The highest BCUT2D eigenvalue weighted by molar-refractivity contribution is 5.94. The third-order valence-corrected chi connectivity index (χ3v) is 5.42. The van der Waals surface area contributed by atoms with Gasteiger partial charge in [0.05, 0.1) is 17.4 Å². The Bertz CT molecular complexity index is 1150. The maximum absolute atomic E-state index is 12.7. The van der Waals surface area contributed by atoms with Crippen LogP contribution in [0.25, 0.3) is 16.7 Å². The van der Waals surface area contributed by atoms with E-state index in [0.717, 1.165) is 48.3 Å². The molecule has 0 spiro atoms. The van der Waals surface area contributed by atoms with Crippen LogP contribution in [0.3, 0.4) is 0 Å². The first kappa shape index (κ1) is 18.2. The highest BCUT2D eigenvalue weighted by atomic mass is 16.1. The lowest BCUT2D eigenvalue weighted by molar-refractivity contribution is -0.120. The van der Waals surface area contributed by atoms with Crippen molar-refractivity contribution >= 4 is 28.3 Å². The van der Waals surface area contributed by atoms with Crippen LogP contribution in [0.2, 0.25) is 0 Å². The van der Waals surface area contributed by atoms with E-state index in [1.54, 1.807) is 17.1 Å². The number of anilines is 2. The molecule has 8 nitrogen and oxygen atoms in total. The summed E-state index contributed by atoms with van der Waals surface area (Å²) in [6.45, 7) is 1.54. The smallest absolute Gasteiger partial charge is 0.227 e. The Morgan fingerprint density at radius 2 is 1.80 bits per heavy atom. The van der Waals surface area contributed by atoms with Crippen LogP contribution in [0.15, 0.2) is 67.1 Å². The molecule has 0 atom stereocenters. The number of para-hydroxylation sites is 1. The summed E-state index contributed by atoms with van der Waals surface area (Å²) in [6.07, 6.45) is 6.80. The van der Waals surface area contributed by atoms with Crippen molar-refractivity contribution < 1.29 is 4.79 Å². The first-order chi connectivity index (χ1) is 14.8. The molecule has 1 aliphatic rings. The van der Waals surface area contributed by atoms with Crippen molar-refractivity contribution in [2.75, 3.05) is 23.3 Å². The number of rotatable bonds is 4. The van der Waals surface area contributed by atoms with Gasteiger partial charge in [0, 0.05) is 36.8 Å². The van der Waals surface area contributed by atoms with Crippen LogP contribution in [-0.2, 0) is 4.79 Å². The SMILES string of the molecule is O=C(Nc1cnc2ccccc2c1)C1CCN(c2ccc(-n3cccn3)nn2)CC1. The van der Waals surface area contributed by atoms with Crippen molar-refractivity contribution in [3.8, 4) is 5.82 Å². The standard InChI is InChI=1S/C22H21N7O/c30-22(25-18-14-17-4-1-2-5-19(17)23-15-18)16-8-12-28(13-9-16)20-6-7-21(27-26-20)29-11-3-10-24-29/h1-7,10-11,14-16H,8-9,12-13H2,(H,25,30). The molecule has 0 aliphatic carbocycles. The number of aromatic nitrogens is 5. The Morgan fingerprint density at radius 1 is 1.00 bits per heavy atom. The van der Waals surface area contributed by atoms with Crippen LogP contribution in [0.5, 0.6) is 0 Å². The fraction of sp³-hybridized carbons (Fsp3) is 0.227. The summed E-state index contributed by atoms with van der Waals surface area (Å²) in [5, 5.41) is 16.8. The van der Waals surface area contributed by atoms with Gasteiger partial charge < -0.3 is 10.2 Å². The van der Waals surface area contributed by atoms with Crippen LogP contribution in [0.4, 0.5) is 11.5 Å². The molecule has 8 heteroatoms. The van der Waals surface area contributed by atoms with Gasteiger partial charge in [0.15, 0.2) is 11.6 Å². The van der Waals surface area contributed by atoms with Gasteiger partial charge in [0.25, 0.3) is 0 Å². The Labute approximate surface area is 173 Å². The van der Waals surface area contributed by atoms with Gasteiger partial charge in [-0.15, -0.1) is 10.2 Å². The largest absolute Gasteiger partial charge is 0.355 e. The van der Waals surface area contributed by atoms with Gasteiger partial charge in [-0.05, 0) is 43.2 Å². The van der Waals surface area contributed by atoms with Crippen LogP contribution in [0, 0.1) is 5.92 Å². The molecule has 1 fully saturated rings. The second kappa shape index (κ2) is 7.90. The number of carbonyl (C=O) groups excluding carboxylic acids is 1. The number of fused-ring (bicyclic) bond motifs is 1. The third kappa shape index (κ3) is 3.71. The van der Waals surface area contributed by atoms with E-state index in [1.165, 1.54) is 0 Å². The van der Waals surface area contributed by atoms with Crippen molar-refractivity contribution in [1.29, 1.82) is 0 Å². The number of amides is 1. The van der Waals surface area contributed by atoms with Gasteiger partial charge in [0.1, 0.15) is 0 Å². The Morgan fingerprint density at radius 3 is 2.57 bits per heavy atom. The van der Waals surface area contributed by atoms with Crippen LogP contribution in [0.1, 0.15) is 12.8 Å². The highest BCUT2D eigenvalue weighted by Crippen LogP contribution is 2.24. The first-order valence-electron chi connectivity index (χ1n) is 10.0. The predicted octanol–water partition coefficient (Wildman–Crippen LogP) is 3.07. The fourth-order valence-corrected chi connectivity index (χ4v) is 3.77. The summed E-state index contributed by atoms with van der Waals surface area (Å²) in [7, 11) is 0. The van der Waals surface area contributed by atoms with E-state index >= 15 is 0 Å². The lowest BCUT2D eigenvalue weighted by Gasteiger charge is -2.31. The average molecular weight is 399 g/mol. The van der Waals surface area contributed by atoms with Crippen molar-refractivity contribution in [3.05, 3.63) is 67.1 Å². The van der Waals surface area contributed by atoms with Crippen molar-refractivity contribution in [1.82, 2.24) is 25.0 Å². The maximum atomic E-state index is 12.7. The molecule has 1 amide bonds. The van der Waals surface area contributed by atoms with E-state index in [4.69, 9.17) is 0 Å². The lowest BCUT2D eigenvalue weighted by Crippen LogP contribution is -2.38. The average Bonchev–Trinajstić information content (AvgIpc) is 3.34. The minimum atomic E-state index is -0.0240. The molecule has 150 valence electrons. The second-order valence-electron chi connectivity index (χ2n) is 7.37. The number of hydrogen-bond acceptors (Lipinski definition) is 6. The zero-order valence-electron chi connectivity index (χ0n) is 16.3. The van der Waals surface area contributed by atoms with Crippen LogP contribution >= 0.6 is 0 Å². The molecule has 0 unspecified atom stereocenters.